The fourth-order valence-corrected chi connectivity index (χ4v) is 3.89. The molecule has 1 unspecified atom stereocenters. The highest BCUT2D eigenvalue weighted by atomic mass is 79.9. The van der Waals surface area contributed by atoms with Crippen LogP contribution in [0.5, 0.6) is 0 Å². The lowest BCUT2D eigenvalue weighted by Crippen LogP contribution is -2.40. The van der Waals surface area contributed by atoms with Crippen LogP contribution in [0.15, 0.2) is 22.7 Å². The van der Waals surface area contributed by atoms with Crippen molar-refractivity contribution in [2.24, 2.45) is 0 Å². The molecule has 1 saturated heterocycles. The fraction of sp³-hybridized carbons (Fsp3) is 0.538. The van der Waals surface area contributed by atoms with E-state index in [0.29, 0.717) is 6.54 Å². The molecule has 1 aromatic rings. The van der Waals surface area contributed by atoms with E-state index < -0.39 is 5.60 Å². The van der Waals surface area contributed by atoms with Crippen LogP contribution in [0.3, 0.4) is 0 Å². The topological polar surface area (TPSA) is 32.3 Å². The van der Waals surface area contributed by atoms with Gasteiger partial charge in [-0.1, -0.05) is 28.1 Å². The van der Waals surface area contributed by atoms with Crippen LogP contribution in [0, 0.1) is 6.92 Å². The largest absolute Gasteiger partial charge is 0.388 e. The van der Waals surface area contributed by atoms with Crippen LogP contribution in [-0.2, 0) is 6.54 Å². The third-order valence-corrected chi connectivity index (χ3v) is 5.03. The standard InChI is InChI=1S/C13H18BrNOS/c1-10-2-3-11(12(14)6-10)7-15-8-13(16)4-5-17-9-13/h2-3,6,15-16H,4-5,7-9H2,1H3. The van der Waals surface area contributed by atoms with Crippen molar-refractivity contribution in [1.29, 1.82) is 0 Å². The Hall–Kier alpha value is -0.0300. The number of nitrogens with one attached hydrogen (secondary N) is 1. The lowest BCUT2D eigenvalue weighted by atomic mass is 10.0. The maximum atomic E-state index is 10.2. The van der Waals surface area contributed by atoms with Crippen molar-refractivity contribution in [2.45, 2.75) is 25.5 Å². The molecule has 2 nitrogen and oxygen atoms in total. The Kier molecular flexibility index (Phi) is 4.53. The third-order valence-electron chi connectivity index (χ3n) is 3.06. The molecular weight excluding hydrogens is 298 g/mol. The number of halogens is 1. The van der Waals surface area contributed by atoms with Crippen LogP contribution < -0.4 is 5.32 Å². The summed E-state index contributed by atoms with van der Waals surface area (Å²) >= 11 is 5.40. The van der Waals surface area contributed by atoms with E-state index in [2.05, 4.69) is 46.4 Å². The molecule has 2 N–H and O–H groups in total. The Morgan fingerprint density at radius 1 is 1.53 bits per heavy atom. The summed E-state index contributed by atoms with van der Waals surface area (Å²) in [7, 11) is 0. The molecule has 0 amide bonds. The number of rotatable bonds is 4. The molecule has 1 aromatic carbocycles. The number of hydrogen-bond donors (Lipinski definition) is 2. The van der Waals surface area contributed by atoms with E-state index in [0.717, 1.165) is 28.9 Å². The fourth-order valence-electron chi connectivity index (χ4n) is 1.96. The van der Waals surface area contributed by atoms with Gasteiger partial charge in [0.05, 0.1) is 5.60 Å². The predicted molar refractivity (Wildman–Crippen MR) is 77.5 cm³/mol. The van der Waals surface area contributed by atoms with Gasteiger partial charge in [-0.25, -0.2) is 0 Å². The van der Waals surface area contributed by atoms with Crippen molar-refractivity contribution < 1.29 is 5.11 Å². The Balaban J connectivity index is 1.85. The van der Waals surface area contributed by atoms with Gasteiger partial charge in [0.1, 0.15) is 0 Å². The zero-order valence-corrected chi connectivity index (χ0v) is 12.4. The highest BCUT2D eigenvalue weighted by Crippen LogP contribution is 2.27. The van der Waals surface area contributed by atoms with Gasteiger partial charge in [0.25, 0.3) is 0 Å². The summed E-state index contributed by atoms with van der Waals surface area (Å²) in [6, 6.07) is 6.36. The van der Waals surface area contributed by atoms with E-state index in [9.17, 15) is 5.11 Å². The van der Waals surface area contributed by atoms with Gasteiger partial charge in [-0.15, -0.1) is 0 Å². The van der Waals surface area contributed by atoms with Gasteiger partial charge in [0.2, 0.25) is 0 Å². The predicted octanol–water partition coefficient (Wildman–Crippen LogP) is 2.72. The molecule has 0 aliphatic carbocycles. The summed E-state index contributed by atoms with van der Waals surface area (Å²) in [5.74, 6) is 1.93. The first-order valence-corrected chi connectivity index (χ1v) is 7.80. The molecule has 0 bridgehead atoms. The van der Waals surface area contributed by atoms with Gasteiger partial charge in [-0.2, -0.15) is 11.8 Å². The first kappa shape index (κ1) is 13.4. The minimum atomic E-state index is -0.498. The van der Waals surface area contributed by atoms with Gasteiger partial charge in [-0.3, -0.25) is 0 Å². The number of aliphatic hydroxyl groups is 1. The molecule has 0 spiro atoms. The maximum absolute atomic E-state index is 10.2. The van der Waals surface area contributed by atoms with Gasteiger partial charge < -0.3 is 10.4 Å². The quantitative estimate of drug-likeness (QED) is 0.896. The molecule has 94 valence electrons. The van der Waals surface area contributed by atoms with E-state index in [4.69, 9.17) is 0 Å². The number of hydrogen-bond acceptors (Lipinski definition) is 3. The van der Waals surface area contributed by atoms with E-state index in [1.165, 1.54) is 11.1 Å². The molecule has 1 heterocycles. The van der Waals surface area contributed by atoms with E-state index in [1.54, 1.807) is 0 Å². The zero-order valence-electron chi connectivity index (χ0n) is 10.0. The molecule has 0 aromatic heterocycles. The molecule has 0 saturated carbocycles. The Morgan fingerprint density at radius 2 is 2.35 bits per heavy atom. The molecule has 1 aliphatic heterocycles. The molecule has 0 radical (unpaired) electrons. The van der Waals surface area contributed by atoms with Gasteiger partial charge >= 0.3 is 0 Å². The Bertz CT molecular complexity index is 391. The Morgan fingerprint density at radius 3 is 3.00 bits per heavy atom. The summed E-state index contributed by atoms with van der Waals surface area (Å²) in [6.45, 7) is 3.56. The lowest BCUT2D eigenvalue weighted by molar-refractivity contribution is 0.0674. The molecular formula is C13H18BrNOS. The van der Waals surface area contributed by atoms with Crippen molar-refractivity contribution in [2.75, 3.05) is 18.1 Å². The van der Waals surface area contributed by atoms with Crippen molar-refractivity contribution in [3.05, 3.63) is 33.8 Å². The number of aryl methyl sites for hydroxylation is 1. The van der Waals surface area contributed by atoms with Crippen molar-refractivity contribution >= 4 is 27.7 Å². The lowest BCUT2D eigenvalue weighted by Gasteiger charge is -2.21. The summed E-state index contributed by atoms with van der Waals surface area (Å²) in [5.41, 5.74) is 2.00. The van der Waals surface area contributed by atoms with Crippen molar-refractivity contribution in [3.63, 3.8) is 0 Å². The van der Waals surface area contributed by atoms with E-state index >= 15 is 0 Å². The summed E-state index contributed by atoms with van der Waals surface area (Å²) in [6.07, 6.45) is 0.903. The highest BCUT2D eigenvalue weighted by Gasteiger charge is 2.30. The summed E-state index contributed by atoms with van der Waals surface area (Å²) < 4.78 is 1.14. The second-order valence-corrected chi connectivity index (χ2v) is 6.68. The third kappa shape index (κ3) is 3.71. The van der Waals surface area contributed by atoms with Crippen LogP contribution >= 0.6 is 27.7 Å². The van der Waals surface area contributed by atoms with Crippen LogP contribution in [0.2, 0.25) is 0 Å². The monoisotopic (exact) mass is 315 g/mol. The molecule has 1 fully saturated rings. The Labute approximate surface area is 115 Å². The average molecular weight is 316 g/mol. The highest BCUT2D eigenvalue weighted by molar-refractivity contribution is 9.10. The molecule has 17 heavy (non-hydrogen) atoms. The van der Waals surface area contributed by atoms with Gasteiger partial charge in [0.15, 0.2) is 0 Å². The van der Waals surface area contributed by atoms with Crippen LogP contribution in [-0.4, -0.2) is 28.8 Å². The minimum Gasteiger partial charge on any atom is -0.388 e. The number of thioether (sulfide) groups is 1. The van der Waals surface area contributed by atoms with E-state index in [-0.39, 0.29) is 0 Å². The number of benzene rings is 1. The van der Waals surface area contributed by atoms with Crippen LogP contribution in [0.4, 0.5) is 0 Å². The molecule has 4 heteroatoms. The SMILES string of the molecule is Cc1ccc(CNCC2(O)CCSC2)c(Br)c1. The van der Waals surface area contributed by atoms with Crippen molar-refractivity contribution in [3.8, 4) is 0 Å². The molecule has 1 atom stereocenters. The summed E-state index contributed by atoms with van der Waals surface area (Å²) in [4.78, 5) is 0. The van der Waals surface area contributed by atoms with Crippen LogP contribution in [0.1, 0.15) is 17.5 Å². The molecule has 2 rings (SSSR count). The van der Waals surface area contributed by atoms with E-state index in [1.807, 2.05) is 11.8 Å². The second kappa shape index (κ2) is 5.74. The first-order valence-electron chi connectivity index (χ1n) is 5.85. The molecule has 1 aliphatic rings. The smallest absolute Gasteiger partial charge is 0.0869 e. The first-order chi connectivity index (χ1) is 8.09. The van der Waals surface area contributed by atoms with Crippen molar-refractivity contribution in [1.82, 2.24) is 5.32 Å². The normalized spacial score (nSPS) is 24.2. The minimum absolute atomic E-state index is 0.498. The average Bonchev–Trinajstić information content (AvgIpc) is 2.69. The van der Waals surface area contributed by atoms with Gasteiger partial charge in [0, 0.05) is 23.3 Å². The maximum Gasteiger partial charge on any atom is 0.0869 e. The second-order valence-electron chi connectivity index (χ2n) is 4.73. The summed E-state index contributed by atoms with van der Waals surface area (Å²) in [5, 5.41) is 13.5. The zero-order chi connectivity index (χ0) is 12.3. The van der Waals surface area contributed by atoms with Crippen LogP contribution in [0.25, 0.3) is 0 Å². The van der Waals surface area contributed by atoms with Gasteiger partial charge in [-0.05, 0) is 36.3 Å².